The highest BCUT2D eigenvalue weighted by molar-refractivity contribution is 7.19. The number of fused-ring (bicyclic) bond motifs is 1. The van der Waals surface area contributed by atoms with Crippen LogP contribution in [0.1, 0.15) is 31.2 Å². The number of thiophene rings is 1. The van der Waals surface area contributed by atoms with Crippen LogP contribution in [0.4, 0.5) is 0 Å². The van der Waals surface area contributed by atoms with Crippen molar-refractivity contribution in [3.05, 3.63) is 68.0 Å². The van der Waals surface area contributed by atoms with E-state index in [1.807, 2.05) is 13.0 Å². The molecule has 3 rings (SSSR count). The van der Waals surface area contributed by atoms with Gasteiger partial charge in [-0.2, -0.15) is 0 Å². The zero-order valence-electron chi connectivity index (χ0n) is 12.9. The summed E-state index contributed by atoms with van der Waals surface area (Å²) in [4.78, 5) is 25.6. The molecule has 0 aliphatic carbocycles. The first-order chi connectivity index (χ1) is 11.4. The van der Waals surface area contributed by atoms with Gasteiger partial charge in [0.1, 0.15) is 0 Å². The summed E-state index contributed by atoms with van der Waals surface area (Å²) >= 11 is 13.6. The minimum Gasteiger partial charge on any atom is -0.465 e. The average molecular weight is 379 g/mol. The molecule has 0 bridgehead atoms. The molecule has 3 nitrogen and oxygen atoms in total. The minimum absolute atomic E-state index is 0.192. The summed E-state index contributed by atoms with van der Waals surface area (Å²) in [6, 6.07) is 9.97. The molecule has 24 heavy (non-hydrogen) atoms. The first-order valence-corrected chi connectivity index (χ1v) is 8.61. The smallest absolute Gasteiger partial charge is 0.337 e. The van der Waals surface area contributed by atoms with Crippen LogP contribution in [0.25, 0.3) is 10.1 Å². The van der Waals surface area contributed by atoms with Crippen molar-refractivity contribution in [1.82, 2.24) is 0 Å². The Morgan fingerprint density at radius 2 is 1.83 bits per heavy atom. The highest BCUT2D eigenvalue weighted by Crippen LogP contribution is 2.35. The molecule has 0 aliphatic heterocycles. The number of carbonyl (C=O) groups excluding carboxylic acids is 2. The maximum Gasteiger partial charge on any atom is 0.337 e. The molecule has 0 saturated heterocycles. The van der Waals surface area contributed by atoms with Gasteiger partial charge in [0.25, 0.3) is 0 Å². The summed E-state index contributed by atoms with van der Waals surface area (Å²) in [7, 11) is 1.32. The Morgan fingerprint density at radius 1 is 1.08 bits per heavy atom. The molecule has 2 aromatic carbocycles. The van der Waals surface area contributed by atoms with Crippen LogP contribution in [-0.2, 0) is 4.74 Å². The third-order valence-corrected chi connectivity index (χ3v) is 5.32. The summed E-state index contributed by atoms with van der Waals surface area (Å²) in [5.41, 5.74) is 1.33. The molecule has 0 atom stereocenters. The Bertz CT molecular complexity index is 976. The van der Waals surface area contributed by atoms with Gasteiger partial charge in [-0.1, -0.05) is 23.2 Å². The number of hydrogen-bond acceptors (Lipinski definition) is 4. The molecule has 0 unspecified atom stereocenters. The van der Waals surface area contributed by atoms with Crippen LogP contribution in [0.5, 0.6) is 0 Å². The fourth-order valence-corrected chi connectivity index (χ4v) is 4.09. The topological polar surface area (TPSA) is 43.4 Å². The average Bonchev–Trinajstić information content (AvgIpc) is 2.88. The molecule has 0 spiro atoms. The zero-order chi connectivity index (χ0) is 17.4. The van der Waals surface area contributed by atoms with E-state index in [2.05, 4.69) is 0 Å². The van der Waals surface area contributed by atoms with Gasteiger partial charge in [0, 0.05) is 31.1 Å². The number of ether oxygens (including phenoxy) is 1. The predicted octanol–water partition coefficient (Wildman–Crippen LogP) is 5.53. The van der Waals surface area contributed by atoms with E-state index in [0.717, 1.165) is 15.0 Å². The van der Waals surface area contributed by atoms with Crippen molar-refractivity contribution in [2.75, 3.05) is 7.11 Å². The van der Waals surface area contributed by atoms with E-state index in [4.69, 9.17) is 27.9 Å². The lowest BCUT2D eigenvalue weighted by Crippen LogP contribution is -2.04. The van der Waals surface area contributed by atoms with Gasteiger partial charge in [-0.05, 0) is 43.3 Å². The Balaban J connectivity index is 2.19. The van der Waals surface area contributed by atoms with Gasteiger partial charge in [-0.15, -0.1) is 11.3 Å². The maximum absolute atomic E-state index is 13.0. The lowest BCUT2D eigenvalue weighted by molar-refractivity contribution is 0.0600. The Labute approximate surface area is 152 Å². The monoisotopic (exact) mass is 378 g/mol. The zero-order valence-corrected chi connectivity index (χ0v) is 15.2. The minimum atomic E-state index is -0.441. The molecule has 0 fully saturated rings. The first kappa shape index (κ1) is 17.0. The second-order valence-corrected chi connectivity index (χ2v) is 7.29. The molecule has 0 N–H and O–H groups in total. The molecule has 0 amide bonds. The van der Waals surface area contributed by atoms with E-state index < -0.39 is 5.97 Å². The largest absolute Gasteiger partial charge is 0.465 e. The maximum atomic E-state index is 13.0. The van der Waals surface area contributed by atoms with Crippen LogP contribution in [0, 0.1) is 6.92 Å². The lowest BCUT2D eigenvalue weighted by atomic mass is 9.99. The summed E-state index contributed by atoms with van der Waals surface area (Å²) < 4.78 is 5.68. The van der Waals surface area contributed by atoms with Gasteiger partial charge in [0.2, 0.25) is 0 Å². The van der Waals surface area contributed by atoms with E-state index in [1.54, 1.807) is 30.3 Å². The van der Waals surface area contributed by atoms with Crippen LogP contribution < -0.4 is 0 Å². The third-order valence-electron chi connectivity index (χ3n) is 3.69. The van der Waals surface area contributed by atoms with Crippen molar-refractivity contribution >= 4 is 56.4 Å². The molecule has 0 aliphatic rings. The first-order valence-electron chi connectivity index (χ1n) is 7.03. The highest BCUT2D eigenvalue weighted by Gasteiger charge is 2.21. The number of esters is 1. The third kappa shape index (κ3) is 2.93. The number of benzene rings is 2. The van der Waals surface area contributed by atoms with E-state index in [0.29, 0.717) is 26.7 Å². The van der Waals surface area contributed by atoms with E-state index in [-0.39, 0.29) is 5.78 Å². The molecule has 122 valence electrons. The summed E-state index contributed by atoms with van der Waals surface area (Å²) in [5, 5.41) is 1.49. The second kappa shape index (κ2) is 6.55. The molecule has 0 saturated carbocycles. The number of ketones is 1. The van der Waals surface area contributed by atoms with Crippen molar-refractivity contribution in [3.8, 4) is 0 Å². The normalized spacial score (nSPS) is 10.8. The Hall–Kier alpha value is -1.88. The number of halogens is 2. The number of aryl methyl sites for hydroxylation is 1. The number of carbonyl (C=O) groups is 2. The quantitative estimate of drug-likeness (QED) is 0.444. The molecular weight excluding hydrogens is 367 g/mol. The van der Waals surface area contributed by atoms with Crippen molar-refractivity contribution in [2.45, 2.75) is 6.92 Å². The van der Waals surface area contributed by atoms with Crippen LogP contribution in [0.15, 0.2) is 36.4 Å². The SMILES string of the molecule is COC(=O)c1ccc2sc(C)c(C(=O)c3ccc(Cl)cc3Cl)c2c1. The number of hydrogen-bond donors (Lipinski definition) is 0. The van der Waals surface area contributed by atoms with Gasteiger partial charge in [-0.3, -0.25) is 4.79 Å². The van der Waals surface area contributed by atoms with Gasteiger partial charge in [0.15, 0.2) is 5.78 Å². The van der Waals surface area contributed by atoms with Crippen LogP contribution in [-0.4, -0.2) is 18.9 Å². The number of methoxy groups -OCH3 is 1. The number of rotatable bonds is 3. The van der Waals surface area contributed by atoms with Gasteiger partial charge in [0.05, 0.1) is 17.7 Å². The van der Waals surface area contributed by atoms with E-state index in [9.17, 15) is 9.59 Å². The Kier molecular flexibility index (Phi) is 4.63. The van der Waals surface area contributed by atoms with Gasteiger partial charge in [-0.25, -0.2) is 4.79 Å². The standard InChI is InChI=1S/C18H12Cl2O3S/c1-9-16(17(21)12-5-4-11(19)8-14(12)20)13-7-10(18(22)23-2)3-6-15(13)24-9/h3-8H,1-2H3. The molecule has 0 radical (unpaired) electrons. The van der Waals surface area contributed by atoms with Crippen LogP contribution in [0.2, 0.25) is 10.0 Å². The summed E-state index contributed by atoms with van der Waals surface area (Å²) in [5.74, 6) is -0.633. The lowest BCUT2D eigenvalue weighted by Gasteiger charge is -2.05. The van der Waals surface area contributed by atoms with Gasteiger partial charge < -0.3 is 4.74 Å². The molecule has 3 aromatic rings. The van der Waals surface area contributed by atoms with Gasteiger partial charge >= 0.3 is 5.97 Å². The van der Waals surface area contributed by atoms with E-state index >= 15 is 0 Å². The van der Waals surface area contributed by atoms with Crippen LogP contribution in [0.3, 0.4) is 0 Å². The predicted molar refractivity (Wildman–Crippen MR) is 97.8 cm³/mol. The van der Waals surface area contributed by atoms with Crippen molar-refractivity contribution < 1.29 is 14.3 Å². The molecule has 1 heterocycles. The fraction of sp³-hybridized carbons (Fsp3) is 0.111. The molecule has 1 aromatic heterocycles. The van der Waals surface area contributed by atoms with E-state index in [1.165, 1.54) is 18.4 Å². The second-order valence-electron chi connectivity index (χ2n) is 5.19. The van der Waals surface area contributed by atoms with Crippen molar-refractivity contribution in [2.24, 2.45) is 0 Å². The van der Waals surface area contributed by atoms with Crippen LogP contribution >= 0.6 is 34.5 Å². The van der Waals surface area contributed by atoms with Crippen molar-refractivity contribution in [1.29, 1.82) is 0 Å². The fourth-order valence-electron chi connectivity index (χ4n) is 2.56. The molecular formula is C18H12Cl2O3S. The Morgan fingerprint density at radius 3 is 2.50 bits per heavy atom. The highest BCUT2D eigenvalue weighted by atomic mass is 35.5. The van der Waals surface area contributed by atoms with Crippen molar-refractivity contribution in [3.63, 3.8) is 0 Å². The summed E-state index contributed by atoms with van der Waals surface area (Å²) in [6.07, 6.45) is 0. The summed E-state index contributed by atoms with van der Waals surface area (Å²) in [6.45, 7) is 1.87. The molecule has 6 heteroatoms.